The minimum atomic E-state index is 0.475. The molecule has 0 aromatic heterocycles. The molecular weight excluding hydrogens is 156 g/mol. The Kier molecular flexibility index (Phi) is 3.22. The lowest BCUT2D eigenvalue weighted by Crippen LogP contribution is -2.53. The van der Waals surface area contributed by atoms with Gasteiger partial charge in [-0.15, -0.1) is 0 Å². The van der Waals surface area contributed by atoms with E-state index in [-0.39, 0.29) is 0 Å². The number of piperazine rings is 1. The second-order valence-electron chi connectivity index (χ2n) is 3.55. The summed E-state index contributed by atoms with van der Waals surface area (Å²) in [6.07, 6.45) is 0. The largest absolute Gasteiger partial charge is 0.304 e. The van der Waals surface area contributed by atoms with E-state index in [9.17, 15) is 0 Å². The Bertz CT molecular complexity index is 127. The van der Waals surface area contributed by atoms with Gasteiger partial charge in [0.25, 0.3) is 0 Å². The molecular formula is C8H18N2S. The van der Waals surface area contributed by atoms with E-state index in [1.54, 1.807) is 0 Å². The molecule has 0 aliphatic carbocycles. The normalized spacial score (nSPS) is 32.2. The van der Waals surface area contributed by atoms with Crippen LogP contribution < -0.4 is 0 Å². The number of hydrogen-bond acceptors (Lipinski definition) is 3. The number of thiol groups is 1. The van der Waals surface area contributed by atoms with Crippen molar-refractivity contribution < 1.29 is 0 Å². The average molecular weight is 174 g/mol. The fourth-order valence-corrected chi connectivity index (χ4v) is 1.89. The van der Waals surface area contributed by atoms with E-state index in [0.717, 1.165) is 6.54 Å². The Balaban J connectivity index is 2.47. The van der Waals surface area contributed by atoms with E-state index >= 15 is 0 Å². The zero-order valence-electron chi connectivity index (χ0n) is 7.62. The van der Waals surface area contributed by atoms with E-state index in [2.05, 4.69) is 43.4 Å². The van der Waals surface area contributed by atoms with Gasteiger partial charge in [-0.25, -0.2) is 0 Å². The summed E-state index contributed by atoms with van der Waals surface area (Å²) in [5.41, 5.74) is 0. The maximum Gasteiger partial charge on any atom is 0.0334 e. The molecule has 0 spiro atoms. The van der Waals surface area contributed by atoms with Gasteiger partial charge in [-0.1, -0.05) is 6.92 Å². The lowest BCUT2D eigenvalue weighted by Gasteiger charge is -2.39. The van der Waals surface area contributed by atoms with Crippen molar-refractivity contribution in [3.63, 3.8) is 0 Å². The molecule has 1 fully saturated rings. The fraction of sp³-hybridized carbons (Fsp3) is 1.00. The first-order valence-corrected chi connectivity index (χ1v) is 4.69. The summed E-state index contributed by atoms with van der Waals surface area (Å²) in [6.45, 7) is 5.68. The Morgan fingerprint density at radius 2 is 2.00 bits per heavy atom. The van der Waals surface area contributed by atoms with Gasteiger partial charge in [-0.2, -0.15) is 12.6 Å². The molecule has 0 bridgehead atoms. The quantitative estimate of drug-likeness (QED) is 0.580. The van der Waals surface area contributed by atoms with Gasteiger partial charge in [0.15, 0.2) is 0 Å². The Labute approximate surface area is 75.0 Å². The number of likely N-dealkylation sites (N-methyl/N-ethyl adjacent to an activating group) is 2. The van der Waals surface area contributed by atoms with Gasteiger partial charge in [0.2, 0.25) is 0 Å². The molecule has 11 heavy (non-hydrogen) atoms. The zero-order valence-corrected chi connectivity index (χ0v) is 8.51. The predicted octanol–water partition coefficient (Wildman–Crippen LogP) is 0.550. The van der Waals surface area contributed by atoms with E-state index in [4.69, 9.17) is 0 Å². The molecule has 1 heterocycles. The molecule has 3 heteroatoms. The summed E-state index contributed by atoms with van der Waals surface area (Å²) in [5.74, 6) is 0. The van der Waals surface area contributed by atoms with E-state index in [1.165, 1.54) is 13.1 Å². The highest BCUT2D eigenvalue weighted by Gasteiger charge is 2.24. The molecule has 1 saturated heterocycles. The summed E-state index contributed by atoms with van der Waals surface area (Å²) in [5, 5.41) is 0.475. The molecule has 1 aliphatic heterocycles. The summed E-state index contributed by atoms with van der Waals surface area (Å²) in [4.78, 5) is 4.77. The maximum atomic E-state index is 4.47. The van der Waals surface area contributed by atoms with Crippen molar-refractivity contribution in [1.29, 1.82) is 0 Å². The maximum absolute atomic E-state index is 4.47. The second-order valence-corrected chi connectivity index (χ2v) is 4.37. The van der Waals surface area contributed by atoms with Gasteiger partial charge in [-0.05, 0) is 14.1 Å². The SMILES string of the molecule is C[C@H](S)[C@H]1CN(C)CCN1C. The average Bonchev–Trinajstić information content (AvgIpc) is 1.94. The van der Waals surface area contributed by atoms with Crippen molar-refractivity contribution in [3.05, 3.63) is 0 Å². The molecule has 2 atom stereocenters. The molecule has 0 aromatic carbocycles. The van der Waals surface area contributed by atoms with Crippen molar-refractivity contribution in [3.8, 4) is 0 Å². The van der Waals surface area contributed by atoms with Gasteiger partial charge < -0.3 is 4.90 Å². The smallest absolute Gasteiger partial charge is 0.0334 e. The first-order valence-electron chi connectivity index (χ1n) is 4.18. The van der Waals surface area contributed by atoms with Crippen LogP contribution in [0.1, 0.15) is 6.92 Å². The van der Waals surface area contributed by atoms with Crippen LogP contribution in [0.15, 0.2) is 0 Å². The van der Waals surface area contributed by atoms with Gasteiger partial charge in [0, 0.05) is 30.9 Å². The van der Waals surface area contributed by atoms with Gasteiger partial charge in [0.05, 0.1) is 0 Å². The van der Waals surface area contributed by atoms with Gasteiger partial charge in [0.1, 0.15) is 0 Å². The van der Waals surface area contributed by atoms with Crippen molar-refractivity contribution in [1.82, 2.24) is 9.80 Å². The monoisotopic (exact) mass is 174 g/mol. The molecule has 1 rings (SSSR count). The van der Waals surface area contributed by atoms with Crippen LogP contribution in [0.3, 0.4) is 0 Å². The lowest BCUT2D eigenvalue weighted by atomic mass is 10.1. The van der Waals surface area contributed by atoms with Crippen LogP contribution in [0.2, 0.25) is 0 Å². The highest BCUT2D eigenvalue weighted by atomic mass is 32.1. The van der Waals surface area contributed by atoms with E-state index in [1.807, 2.05) is 0 Å². The molecule has 0 radical (unpaired) electrons. The molecule has 0 aromatic rings. The lowest BCUT2D eigenvalue weighted by molar-refractivity contribution is 0.115. The van der Waals surface area contributed by atoms with Crippen molar-refractivity contribution >= 4 is 12.6 Å². The van der Waals surface area contributed by atoms with Crippen LogP contribution in [0.4, 0.5) is 0 Å². The highest BCUT2D eigenvalue weighted by Crippen LogP contribution is 2.13. The van der Waals surface area contributed by atoms with E-state index in [0.29, 0.717) is 11.3 Å². The number of nitrogens with zero attached hydrogens (tertiary/aromatic N) is 2. The number of hydrogen-bond donors (Lipinski definition) is 1. The predicted molar refractivity (Wildman–Crippen MR) is 52.4 cm³/mol. The third-order valence-electron chi connectivity index (χ3n) is 2.46. The van der Waals surface area contributed by atoms with Crippen LogP contribution in [0.5, 0.6) is 0 Å². The van der Waals surface area contributed by atoms with Crippen LogP contribution in [0.25, 0.3) is 0 Å². The Morgan fingerprint density at radius 3 is 2.45 bits per heavy atom. The van der Waals surface area contributed by atoms with Gasteiger partial charge >= 0.3 is 0 Å². The Morgan fingerprint density at radius 1 is 1.36 bits per heavy atom. The highest BCUT2D eigenvalue weighted by molar-refractivity contribution is 7.81. The van der Waals surface area contributed by atoms with Crippen LogP contribution in [0, 0.1) is 0 Å². The first-order chi connectivity index (χ1) is 5.11. The molecule has 2 nitrogen and oxygen atoms in total. The van der Waals surface area contributed by atoms with Gasteiger partial charge in [-0.3, -0.25) is 4.90 Å². The molecule has 0 N–H and O–H groups in total. The summed E-state index contributed by atoms with van der Waals surface area (Å²) in [6, 6.07) is 0.622. The Hall–Kier alpha value is 0.270. The topological polar surface area (TPSA) is 6.48 Å². The molecule has 1 aliphatic rings. The van der Waals surface area contributed by atoms with Crippen molar-refractivity contribution in [2.24, 2.45) is 0 Å². The van der Waals surface area contributed by atoms with Crippen molar-refractivity contribution in [2.45, 2.75) is 18.2 Å². The zero-order chi connectivity index (χ0) is 8.43. The molecule has 0 saturated carbocycles. The fourth-order valence-electron chi connectivity index (χ4n) is 1.57. The molecule has 66 valence electrons. The first kappa shape index (κ1) is 9.36. The number of rotatable bonds is 1. The standard InChI is InChI=1S/C8H18N2S/c1-7(11)8-6-9(2)4-5-10(8)3/h7-8,11H,4-6H2,1-3H3/t7-,8+/m0/s1. The van der Waals surface area contributed by atoms with Crippen LogP contribution >= 0.6 is 12.6 Å². The minimum Gasteiger partial charge on any atom is -0.304 e. The van der Waals surface area contributed by atoms with E-state index < -0.39 is 0 Å². The van der Waals surface area contributed by atoms with Crippen LogP contribution in [-0.2, 0) is 0 Å². The molecule has 0 unspecified atom stereocenters. The third kappa shape index (κ3) is 2.36. The summed E-state index contributed by atoms with van der Waals surface area (Å²) >= 11 is 4.47. The van der Waals surface area contributed by atoms with Crippen molar-refractivity contribution in [2.75, 3.05) is 33.7 Å². The summed E-state index contributed by atoms with van der Waals surface area (Å²) < 4.78 is 0. The minimum absolute atomic E-state index is 0.475. The third-order valence-corrected chi connectivity index (χ3v) is 2.80. The second kappa shape index (κ2) is 3.78. The summed E-state index contributed by atoms with van der Waals surface area (Å²) in [7, 11) is 4.36. The van der Waals surface area contributed by atoms with Crippen LogP contribution in [-0.4, -0.2) is 54.8 Å². The molecule has 0 amide bonds.